The van der Waals surface area contributed by atoms with Gasteiger partial charge < -0.3 is 4.79 Å². The summed E-state index contributed by atoms with van der Waals surface area (Å²) in [4.78, 5) is 10.9. The van der Waals surface area contributed by atoms with Crippen LogP contribution in [-0.4, -0.2) is 5.78 Å². The molecule has 1 nitrogen and oxygen atoms in total. The molecule has 1 unspecified atom stereocenters. The van der Waals surface area contributed by atoms with Crippen molar-refractivity contribution in [2.24, 2.45) is 0 Å². The Balaban J connectivity index is 2.73. The first-order valence-electron chi connectivity index (χ1n) is 5.26. The van der Waals surface area contributed by atoms with Crippen LogP contribution in [0.1, 0.15) is 43.7 Å². The molecule has 1 rings (SSSR count). The van der Waals surface area contributed by atoms with E-state index < -0.39 is 0 Å². The highest BCUT2D eigenvalue weighted by atomic mass is 79.9. The number of carbonyl (C=O) groups is 1. The highest BCUT2D eigenvalue weighted by Gasteiger charge is 2.10. The molecule has 0 fully saturated rings. The lowest BCUT2D eigenvalue weighted by atomic mass is 9.95. The third kappa shape index (κ3) is 3.78. The van der Waals surface area contributed by atoms with Crippen molar-refractivity contribution in [1.82, 2.24) is 0 Å². The molecule has 0 aliphatic carbocycles. The standard InChI is InChI=1S/C13H17BrO/c1-9-4-7-12(13(14)8-9)10(2)5-6-11(3)15/h4,7-8,10H,5-6H2,1-3H3. The van der Waals surface area contributed by atoms with Gasteiger partial charge in [-0.05, 0) is 43.4 Å². The molecule has 0 spiro atoms. The van der Waals surface area contributed by atoms with Crippen LogP contribution in [0.2, 0.25) is 0 Å². The lowest BCUT2D eigenvalue weighted by Gasteiger charge is -2.13. The van der Waals surface area contributed by atoms with E-state index in [2.05, 4.69) is 48.0 Å². The third-order valence-electron chi connectivity index (χ3n) is 2.62. The van der Waals surface area contributed by atoms with Gasteiger partial charge in [-0.15, -0.1) is 0 Å². The van der Waals surface area contributed by atoms with E-state index in [-0.39, 0.29) is 5.78 Å². The highest BCUT2D eigenvalue weighted by molar-refractivity contribution is 9.10. The van der Waals surface area contributed by atoms with E-state index in [1.807, 2.05) is 0 Å². The van der Waals surface area contributed by atoms with Gasteiger partial charge in [0, 0.05) is 10.9 Å². The van der Waals surface area contributed by atoms with E-state index in [0.29, 0.717) is 12.3 Å². The van der Waals surface area contributed by atoms with Gasteiger partial charge in [0.2, 0.25) is 0 Å². The summed E-state index contributed by atoms with van der Waals surface area (Å²) in [6.07, 6.45) is 1.60. The molecule has 0 aliphatic heterocycles. The minimum atomic E-state index is 0.269. The summed E-state index contributed by atoms with van der Waals surface area (Å²) in [5.41, 5.74) is 2.55. The normalized spacial score (nSPS) is 12.5. The second-order valence-corrected chi connectivity index (χ2v) is 5.02. The SMILES string of the molecule is CC(=O)CCC(C)c1ccc(C)cc1Br. The fraction of sp³-hybridized carbons (Fsp3) is 0.462. The smallest absolute Gasteiger partial charge is 0.129 e. The topological polar surface area (TPSA) is 17.1 Å². The fourth-order valence-electron chi connectivity index (χ4n) is 1.61. The molecule has 82 valence electrons. The Morgan fingerprint density at radius 1 is 1.47 bits per heavy atom. The summed E-state index contributed by atoms with van der Waals surface area (Å²) < 4.78 is 1.15. The summed E-state index contributed by atoms with van der Waals surface area (Å²) in [5.74, 6) is 0.703. The van der Waals surface area contributed by atoms with Crippen LogP contribution in [0.4, 0.5) is 0 Å². The van der Waals surface area contributed by atoms with Crippen LogP contribution in [-0.2, 0) is 4.79 Å². The average Bonchev–Trinajstić information content (AvgIpc) is 2.14. The van der Waals surface area contributed by atoms with Gasteiger partial charge in [-0.1, -0.05) is 35.0 Å². The van der Waals surface area contributed by atoms with Gasteiger partial charge in [0.25, 0.3) is 0 Å². The van der Waals surface area contributed by atoms with Crippen molar-refractivity contribution < 1.29 is 4.79 Å². The summed E-state index contributed by atoms with van der Waals surface area (Å²) in [6, 6.07) is 6.38. The summed E-state index contributed by atoms with van der Waals surface area (Å²) in [6.45, 7) is 5.89. The van der Waals surface area contributed by atoms with E-state index in [4.69, 9.17) is 0 Å². The maximum Gasteiger partial charge on any atom is 0.129 e. The van der Waals surface area contributed by atoms with Gasteiger partial charge >= 0.3 is 0 Å². The van der Waals surface area contributed by atoms with Gasteiger partial charge in [-0.25, -0.2) is 0 Å². The number of carbonyl (C=O) groups excluding carboxylic acids is 1. The maximum atomic E-state index is 10.9. The van der Waals surface area contributed by atoms with Gasteiger partial charge in [-0.2, -0.15) is 0 Å². The van der Waals surface area contributed by atoms with Crippen LogP contribution in [0.3, 0.4) is 0 Å². The van der Waals surface area contributed by atoms with Crippen LogP contribution in [0, 0.1) is 6.92 Å². The quantitative estimate of drug-likeness (QED) is 0.799. The summed E-state index contributed by atoms with van der Waals surface area (Å²) >= 11 is 3.57. The minimum absolute atomic E-state index is 0.269. The molecule has 0 saturated heterocycles. The first-order valence-corrected chi connectivity index (χ1v) is 6.05. The molecule has 0 radical (unpaired) electrons. The second-order valence-electron chi connectivity index (χ2n) is 4.17. The first-order chi connectivity index (χ1) is 7.00. The van der Waals surface area contributed by atoms with Crippen molar-refractivity contribution in [3.05, 3.63) is 33.8 Å². The van der Waals surface area contributed by atoms with Crippen LogP contribution in [0.5, 0.6) is 0 Å². The van der Waals surface area contributed by atoms with Crippen molar-refractivity contribution in [1.29, 1.82) is 0 Å². The molecule has 0 N–H and O–H groups in total. The van der Waals surface area contributed by atoms with E-state index in [1.54, 1.807) is 6.92 Å². The van der Waals surface area contributed by atoms with Crippen LogP contribution in [0.25, 0.3) is 0 Å². The largest absolute Gasteiger partial charge is 0.300 e. The van der Waals surface area contributed by atoms with E-state index in [0.717, 1.165) is 10.9 Å². The Morgan fingerprint density at radius 2 is 2.13 bits per heavy atom. The van der Waals surface area contributed by atoms with Gasteiger partial charge in [-0.3, -0.25) is 0 Å². The number of benzene rings is 1. The lowest BCUT2D eigenvalue weighted by Crippen LogP contribution is -1.99. The number of ketones is 1. The number of hydrogen-bond donors (Lipinski definition) is 0. The van der Waals surface area contributed by atoms with Gasteiger partial charge in [0.05, 0.1) is 0 Å². The first kappa shape index (κ1) is 12.4. The Kier molecular flexibility index (Phi) is 4.52. The second kappa shape index (κ2) is 5.45. The monoisotopic (exact) mass is 268 g/mol. The molecule has 2 heteroatoms. The molecule has 0 bridgehead atoms. The molecule has 15 heavy (non-hydrogen) atoms. The Hall–Kier alpha value is -0.630. The van der Waals surface area contributed by atoms with Crippen LogP contribution < -0.4 is 0 Å². The molecule has 0 aliphatic rings. The number of halogens is 1. The van der Waals surface area contributed by atoms with Crippen LogP contribution in [0.15, 0.2) is 22.7 Å². The number of Topliss-reactive ketones (excluding diaryl/α,β-unsaturated/α-hetero) is 1. The Bertz CT molecular complexity index is 358. The average molecular weight is 269 g/mol. The van der Waals surface area contributed by atoms with Gasteiger partial charge in [0.15, 0.2) is 0 Å². The molecular weight excluding hydrogens is 252 g/mol. The molecule has 1 aromatic carbocycles. The third-order valence-corrected chi connectivity index (χ3v) is 3.30. The van der Waals surface area contributed by atoms with Crippen molar-refractivity contribution in [2.45, 2.75) is 39.5 Å². The maximum absolute atomic E-state index is 10.9. The van der Waals surface area contributed by atoms with Gasteiger partial charge in [0.1, 0.15) is 5.78 Å². The summed E-state index contributed by atoms with van der Waals surface area (Å²) in [7, 11) is 0. The van der Waals surface area contributed by atoms with Crippen LogP contribution >= 0.6 is 15.9 Å². The molecule has 0 aromatic heterocycles. The molecule has 0 saturated carbocycles. The number of hydrogen-bond acceptors (Lipinski definition) is 1. The van der Waals surface area contributed by atoms with E-state index in [1.165, 1.54) is 11.1 Å². The minimum Gasteiger partial charge on any atom is -0.300 e. The van der Waals surface area contributed by atoms with Crippen molar-refractivity contribution in [3.63, 3.8) is 0 Å². The lowest BCUT2D eigenvalue weighted by molar-refractivity contribution is -0.117. The number of aryl methyl sites for hydroxylation is 1. The fourth-order valence-corrected chi connectivity index (χ4v) is 2.49. The van der Waals surface area contributed by atoms with Crippen molar-refractivity contribution >= 4 is 21.7 Å². The predicted octanol–water partition coefficient (Wildman–Crippen LogP) is 4.23. The van der Waals surface area contributed by atoms with Crippen molar-refractivity contribution in [3.8, 4) is 0 Å². The zero-order valence-electron chi connectivity index (χ0n) is 9.51. The molecule has 1 atom stereocenters. The Labute approximate surface area is 100 Å². The van der Waals surface area contributed by atoms with E-state index >= 15 is 0 Å². The Morgan fingerprint density at radius 3 is 2.67 bits per heavy atom. The molecular formula is C13H17BrO. The molecule has 0 amide bonds. The van der Waals surface area contributed by atoms with Crippen molar-refractivity contribution in [2.75, 3.05) is 0 Å². The van der Waals surface area contributed by atoms with E-state index in [9.17, 15) is 4.79 Å². The number of rotatable bonds is 4. The highest BCUT2D eigenvalue weighted by Crippen LogP contribution is 2.28. The zero-order chi connectivity index (χ0) is 11.4. The molecule has 0 heterocycles. The predicted molar refractivity (Wildman–Crippen MR) is 67.2 cm³/mol. The zero-order valence-corrected chi connectivity index (χ0v) is 11.1. The molecule has 1 aromatic rings. The summed E-state index contributed by atoms with van der Waals surface area (Å²) in [5, 5.41) is 0.